The average molecular weight is 170 g/mol. The summed E-state index contributed by atoms with van der Waals surface area (Å²) in [5.41, 5.74) is 0. The first-order valence-electron chi connectivity index (χ1n) is 4.74. The fourth-order valence-electron chi connectivity index (χ4n) is 1.20. The maximum atomic E-state index is 10.4. The van der Waals surface area contributed by atoms with Gasteiger partial charge in [-0.05, 0) is 6.42 Å². The molecule has 0 aliphatic heterocycles. The Morgan fingerprint density at radius 3 is 2.42 bits per heavy atom. The predicted octanol–water partition coefficient (Wildman–Crippen LogP) is 2.36. The number of hydrogen-bond acceptors (Lipinski definition) is 2. The van der Waals surface area contributed by atoms with Gasteiger partial charge in [0.2, 0.25) is 0 Å². The second kappa shape index (κ2) is 8.44. The van der Waals surface area contributed by atoms with Crippen molar-refractivity contribution in [2.45, 2.75) is 45.4 Å². The van der Waals surface area contributed by atoms with Crippen LogP contribution in [-0.2, 0) is 9.59 Å². The van der Waals surface area contributed by atoms with Crippen molar-refractivity contribution in [1.29, 1.82) is 0 Å². The standard InChI is InChI=1S/C10H18O2/c1-2-3-4-5-6-10(9-12)7-8-11/h8-10H,2-7H2,1H3. The molecule has 1 unspecified atom stereocenters. The highest BCUT2D eigenvalue weighted by Crippen LogP contribution is 2.10. The van der Waals surface area contributed by atoms with E-state index >= 15 is 0 Å². The van der Waals surface area contributed by atoms with Crippen molar-refractivity contribution < 1.29 is 9.59 Å². The molecular formula is C10H18O2. The highest BCUT2D eigenvalue weighted by atomic mass is 16.1. The first-order valence-corrected chi connectivity index (χ1v) is 4.74. The largest absolute Gasteiger partial charge is 0.303 e. The Labute approximate surface area is 74.3 Å². The number of rotatable bonds is 8. The Kier molecular flexibility index (Phi) is 7.97. The molecule has 0 spiro atoms. The minimum atomic E-state index is -0.0284. The summed E-state index contributed by atoms with van der Waals surface area (Å²) >= 11 is 0. The van der Waals surface area contributed by atoms with Crippen LogP contribution >= 0.6 is 0 Å². The van der Waals surface area contributed by atoms with Gasteiger partial charge < -0.3 is 9.59 Å². The van der Waals surface area contributed by atoms with Crippen LogP contribution in [0.25, 0.3) is 0 Å². The lowest BCUT2D eigenvalue weighted by Crippen LogP contribution is -2.02. The molecule has 0 heterocycles. The molecule has 0 aromatic carbocycles. The summed E-state index contributed by atoms with van der Waals surface area (Å²) in [6.07, 6.45) is 7.70. The molecular weight excluding hydrogens is 152 g/mol. The van der Waals surface area contributed by atoms with E-state index < -0.39 is 0 Å². The molecule has 0 saturated carbocycles. The Morgan fingerprint density at radius 2 is 1.92 bits per heavy atom. The predicted molar refractivity (Wildman–Crippen MR) is 49.0 cm³/mol. The number of unbranched alkanes of at least 4 members (excludes halogenated alkanes) is 3. The van der Waals surface area contributed by atoms with Gasteiger partial charge in [-0.2, -0.15) is 0 Å². The van der Waals surface area contributed by atoms with Gasteiger partial charge in [0.05, 0.1) is 0 Å². The van der Waals surface area contributed by atoms with Crippen molar-refractivity contribution in [3.05, 3.63) is 0 Å². The Morgan fingerprint density at radius 1 is 1.17 bits per heavy atom. The fourth-order valence-corrected chi connectivity index (χ4v) is 1.20. The Bertz CT molecular complexity index is 121. The minimum Gasteiger partial charge on any atom is -0.303 e. The monoisotopic (exact) mass is 170 g/mol. The summed E-state index contributed by atoms with van der Waals surface area (Å²) in [4.78, 5) is 20.5. The molecule has 0 aliphatic rings. The van der Waals surface area contributed by atoms with Crippen molar-refractivity contribution in [2.24, 2.45) is 5.92 Å². The molecule has 0 saturated heterocycles. The zero-order valence-corrected chi connectivity index (χ0v) is 7.79. The molecule has 1 atom stereocenters. The molecule has 70 valence electrons. The molecule has 0 bridgehead atoms. The van der Waals surface area contributed by atoms with E-state index in [1.165, 1.54) is 19.3 Å². The molecule has 0 N–H and O–H groups in total. The topological polar surface area (TPSA) is 34.1 Å². The quantitative estimate of drug-likeness (QED) is 0.414. The molecule has 2 heteroatoms. The zero-order chi connectivity index (χ0) is 9.23. The second-order valence-electron chi connectivity index (χ2n) is 3.15. The van der Waals surface area contributed by atoms with Gasteiger partial charge in [0.1, 0.15) is 12.6 Å². The van der Waals surface area contributed by atoms with E-state index in [0.29, 0.717) is 6.42 Å². The van der Waals surface area contributed by atoms with Crippen molar-refractivity contribution in [3.63, 3.8) is 0 Å². The molecule has 0 aromatic rings. The third-order valence-corrected chi connectivity index (χ3v) is 2.02. The van der Waals surface area contributed by atoms with Crippen LogP contribution in [0.1, 0.15) is 45.4 Å². The molecule has 12 heavy (non-hydrogen) atoms. The van der Waals surface area contributed by atoms with Crippen LogP contribution in [0.2, 0.25) is 0 Å². The van der Waals surface area contributed by atoms with Crippen molar-refractivity contribution >= 4 is 12.6 Å². The van der Waals surface area contributed by atoms with E-state index in [1.54, 1.807) is 0 Å². The average Bonchev–Trinajstić information content (AvgIpc) is 2.10. The van der Waals surface area contributed by atoms with Gasteiger partial charge in [-0.15, -0.1) is 0 Å². The van der Waals surface area contributed by atoms with Crippen molar-refractivity contribution in [3.8, 4) is 0 Å². The van der Waals surface area contributed by atoms with E-state index in [4.69, 9.17) is 0 Å². The first kappa shape index (κ1) is 11.3. The number of carbonyl (C=O) groups excluding carboxylic acids is 2. The van der Waals surface area contributed by atoms with E-state index in [0.717, 1.165) is 25.4 Å². The van der Waals surface area contributed by atoms with Crippen LogP contribution in [0.15, 0.2) is 0 Å². The van der Waals surface area contributed by atoms with Gasteiger partial charge in [-0.3, -0.25) is 0 Å². The van der Waals surface area contributed by atoms with Crippen LogP contribution in [0.4, 0.5) is 0 Å². The molecule has 0 aromatic heterocycles. The smallest absolute Gasteiger partial charge is 0.123 e. The molecule has 0 fully saturated rings. The van der Waals surface area contributed by atoms with E-state index in [-0.39, 0.29) is 5.92 Å². The van der Waals surface area contributed by atoms with Gasteiger partial charge in [0, 0.05) is 12.3 Å². The maximum Gasteiger partial charge on any atom is 0.123 e. The SMILES string of the molecule is CCCCCCC(C=O)CC=O. The number of hydrogen-bond donors (Lipinski definition) is 0. The number of aldehydes is 2. The summed E-state index contributed by atoms with van der Waals surface area (Å²) in [6.45, 7) is 2.16. The van der Waals surface area contributed by atoms with Crippen LogP contribution in [0.3, 0.4) is 0 Å². The summed E-state index contributed by atoms with van der Waals surface area (Å²) in [6, 6.07) is 0. The van der Waals surface area contributed by atoms with Gasteiger partial charge in [-0.25, -0.2) is 0 Å². The van der Waals surface area contributed by atoms with Gasteiger partial charge in [0.15, 0.2) is 0 Å². The third kappa shape index (κ3) is 6.08. The highest BCUT2D eigenvalue weighted by molar-refractivity contribution is 5.61. The zero-order valence-electron chi connectivity index (χ0n) is 7.79. The maximum absolute atomic E-state index is 10.4. The normalized spacial score (nSPS) is 12.4. The van der Waals surface area contributed by atoms with E-state index in [2.05, 4.69) is 6.92 Å². The van der Waals surface area contributed by atoms with Gasteiger partial charge in [0.25, 0.3) is 0 Å². The van der Waals surface area contributed by atoms with Crippen LogP contribution < -0.4 is 0 Å². The second-order valence-corrected chi connectivity index (χ2v) is 3.15. The molecule has 0 rings (SSSR count). The number of carbonyl (C=O) groups is 2. The summed E-state index contributed by atoms with van der Waals surface area (Å²) in [5.74, 6) is -0.0284. The van der Waals surface area contributed by atoms with Crippen LogP contribution in [0, 0.1) is 5.92 Å². The lowest BCUT2D eigenvalue weighted by molar-refractivity contribution is -0.115. The molecule has 0 amide bonds. The lowest BCUT2D eigenvalue weighted by Gasteiger charge is -2.04. The summed E-state index contributed by atoms with van der Waals surface area (Å²) in [5, 5.41) is 0. The third-order valence-electron chi connectivity index (χ3n) is 2.02. The highest BCUT2D eigenvalue weighted by Gasteiger charge is 2.04. The summed E-state index contributed by atoms with van der Waals surface area (Å²) in [7, 11) is 0. The van der Waals surface area contributed by atoms with Crippen molar-refractivity contribution in [1.82, 2.24) is 0 Å². The lowest BCUT2D eigenvalue weighted by atomic mass is 10.00. The van der Waals surface area contributed by atoms with Crippen LogP contribution in [-0.4, -0.2) is 12.6 Å². The van der Waals surface area contributed by atoms with Gasteiger partial charge >= 0.3 is 0 Å². The van der Waals surface area contributed by atoms with Crippen LogP contribution in [0.5, 0.6) is 0 Å². The molecule has 0 aliphatic carbocycles. The van der Waals surface area contributed by atoms with E-state index in [9.17, 15) is 9.59 Å². The Hall–Kier alpha value is -0.660. The molecule has 2 nitrogen and oxygen atoms in total. The summed E-state index contributed by atoms with van der Waals surface area (Å²) < 4.78 is 0. The first-order chi connectivity index (χ1) is 5.85. The minimum absolute atomic E-state index is 0.0284. The fraction of sp³-hybridized carbons (Fsp3) is 0.800. The Balaban J connectivity index is 3.31. The van der Waals surface area contributed by atoms with E-state index in [1.807, 2.05) is 0 Å². The van der Waals surface area contributed by atoms with Crippen molar-refractivity contribution in [2.75, 3.05) is 0 Å². The van der Waals surface area contributed by atoms with Gasteiger partial charge in [-0.1, -0.05) is 32.6 Å². The molecule has 0 radical (unpaired) electrons.